The van der Waals surface area contributed by atoms with E-state index in [0.717, 1.165) is 89.9 Å². The number of hydrogen-bond acceptors (Lipinski definition) is 5. The van der Waals surface area contributed by atoms with E-state index in [2.05, 4.69) is 67.8 Å². The van der Waals surface area contributed by atoms with Crippen LogP contribution in [-0.4, -0.2) is 47.4 Å². The molecule has 6 nitrogen and oxygen atoms in total. The summed E-state index contributed by atoms with van der Waals surface area (Å²) in [7, 11) is 0. The van der Waals surface area contributed by atoms with Crippen LogP contribution in [0.4, 0.5) is 0 Å². The SMILES string of the molecule is CCCCC/C=C\C/C=C\CCCCCCCC(=O)OCCCCC/C=C\C=C/CCCCCCCCC(=O)NC(CO)C(O)CCCCCCCCCCCCCCCCCCC. The zero-order valence-corrected chi connectivity index (χ0v) is 42.5. The highest BCUT2D eigenvalue weighted by Crippen LogP contribution is 2.16. The number of rotatable bonds is 51. The Morgan fingerprint density at radius 2 is 0.828 bits per heavy atom. The third-order valence-corrected chi connectivity index (χ3v) is 12.6. The van der Waals surface area contributed by atoms with Crippen LogP contribution in [0.5, 0.6) is 0 Å². The summed E-state index contributed by atoms with van der Waals surface area (Å²) in [6.45, 7) is 4.86. The predicted molar refractivity (Wildman–Crippen MR) is 278 cm³/mol. The van der Waals surface area contributed by atoms with Crippen LogP contribution in [0.25, 0.3) is 0 Å². The lowest BCUT2D eigenvalue weighted by atomic mass is 10.0. The minimum atomic E-state index is -0.680. The highest BCUT2D eigenvalue weighted by Gasteiger charge is 2.20. The maximum Gasteiger partial charge on any atom is 0.305 e. The van der Waals surface area contributed by atoms with Crippen molar-refractivity contribution < 1.29 is 24.5 Å². The molecule has 0 bridgehead atoms. The number of hydrogen-bond donors (Lipinski definition) is 3. The topological polar surface area (TPSA) is 95.9 Å². The second-order valence-electron chi connectivity index (χ2n) is 18.9. The summed E-state index contributed by atoms with van der Waals surface area (Å²) in [6.07, 6.45) is 66.6. The number of esters is 1. The molecule has 0 rings (SSSR count). The molecule has 0 aromatic heterocycles. The molecular formula is C58H107NO5. The lowest BCUT2D eigenvalue weighted by Crippen LogP contribution is -2.45. The van der Waals surface area contributed by atoms with E-state index in [1.807, 2.05) is 0 Å². The summed E-state index contributed by atoms with van der Waals surface area (Å²) in [5.41, 5.74) is 0. The van der Waals surface area contributed by atoms with Gasteiger partial charge in [-0.1, -0.05) is 229 Å². The fraction of sp³-hybridized carbons (Fsp3) is 0.828. The smallest absolute Gasteiger partial charge is 0.305 e. The molecule has 0 fully saturated rings. The first-order valence-electron chi connectivity index (χ1n) is 27.9. The molecule has 0 aromatic carbocycles. The van der Waals surface area contributed by atoms with E-state index in [4.69, 9.17) is 4.74 Å². The Balaban J connectivity index is 3.54. The van der Waals surface area contributed by atoms with Crippen LogP contribution in [0.1, 0.15) is 284 Å². The molecule has 0 saturated heterocycles. The first kappa shape index (κ1) is 61.8. The van der Waals surface area contributed by atoms with Crippen molar-refractivity contribution in [2.75, 3.05) is 13.2 Å². The van der Waals surface area contributed by atoms with Gasteiger partial charge in [-0.2, -0.15) is 0 Å². The van der Waals surface area contributed by atoms with Crippen molar-refractivity contribution in [1.29, 1.82) is 0 Å². The lowest BCUT2D eigenvalue weighted by molar-refractivity contribution is -0.143. The second kappa shape index (κ2) is 53.4. The van der Waals surface area contributed by atoms with Crippen LogP contribution in [0.3, 0.4) is 0 Å². The van der Waals surface area contributed by atoms with Crippen molar-refractivity contribution in [2.24, 2.45) is 0 Å². The third-order valence-electron chi connectivity index (χ3n) is 12.6. The standard InChI is InChI=1S/C58H107NO5/c1-3-5-7-9-11-13-15-17-19-20-23-26-30-34-38-42-46-50-56(61)55(54-60)59-57(62)51-47-43-39-35-31-27-24-21-25-29-33-37-41-45-49-53-64-58(63)52-48-44-40-36-32-28-22-18-16-14-12-10-8-6-4-2/h12,14,18,21-22,25,29,33,55-56,60-61H,3-11,13,15-17,19-20,23-24,26-28,30-32,34-54H2,1-2H3,(H,59,62)/b14-12-,22-18-,25-21-,33-29-. The van der Waals surface area contributed by atoms with E-state index in [-0.39, 0.29) is 18.5 Å². The number of allylic oxidation sites excluding steroid dienone is 8. The van der Waals surface area contributed by atoms with Crippen molar-refractivity contribution in [3.63, 3.8) is 0 Å². The van der Waals surface area contributed by atoms with E-state index in [9.17, 15) is 19.8 Å². The van der Waals surface area contributed by atoms with Gasteiger partial charge in [0, 0.05) is 12.8 Å². The number of amides is 1. The maximum atomic E-state index is 12.5. The second-order valence-corrected chi connectivity index (χ2v) is 18.9. The maximum absolute atomic E-state index is 12.5. The zero-order chi connectivity index (χ0) is 46.5. The average molecular weight is 898 g/mol. The van der Waals surface area contributed by atoms with Crippen molar-refractivity contribution in [1.82, 2.24) is 5.32 Å². The fourth-order valence-corrected chi connectivity index (χ4v) is 8.31. The summed E-state index contributed by atoms with van der Waals surface area (Å²) in [6, 6.07) is -0.560. The Morgan fingerprint density at radius 1 is 0.453 bits per heavy atom. The van der Waals surface area contributed by atoms with Crippen molar-refractivity contribution in [3.05, 3.63) is 48.6 Å². The number of unbranched alkanes of at least 4 members (excludes halogenated alkanes) is 33. The van der Waals surface area contributed by atoms with E-state index < -0.39 is 12.1 Å². The van der Waals surface area contributed by atoms with Gasteiger partial charge in [-0.3, -0.25) is 9.59 Å². The van der Waals surface area contributed by atoms with Crippen molar-refractivity contribution in [3.8, 4) is 0 Å². The van der Waals surface area contributed by atoms with Gasteiger partial charge in [-0.05, 0) is 89.9 Å². The van der Waals surface area contributed by atoms with Crippen LogP contribution in [0, 0.1) is 0 Å². The quantitative estimate of drug-likeness (QED) is 0.0245. The Morgan fingerprint density at radius 3 is 1.31 bits per heavy atom. The van der Waals surface area contributed by atoms with Gasteiger partial charge >= 0.3 is 5.97 Å². The highest BCUT2D eigenvalue weighted by molar-refractivity contribution is 5.76. The predicted octanol–water partition coefficient (Wildman–Crippen LogP) is 17.0. The van der Waals surface area contributed by atoms with Gasteiger partial charge in [0.05, 0.1) is 25.4 Å². The highest BCUT2D eigenvalue weighted by atomic mass is 16.5. The van der Waals surface area contributed by atoms with Gasteiger partial charge in [0.2, 0.25) is 5.91 Å². The molecular weight excluding hydrogens is 791 g/mol. The molecule has 0 radical (unpaired) electrons. The van der Waals surface area contributed by atoms with Crippen LogP contribution >= 0.6 is 0 Å². The molecule has 2 unspecified atom stereocenters. The normalized spacial score (nSPS) is 13.0. The molecule has 0 aromatic rings. The molecule has 6 heteroatoms. The van der Waals surface area contributed by atoms with E-state index in [0.29, 0.717) is 25.9 Å². The Labute approximate surface area is 397 Å². The Hall–Kier alpha value is -2.18. The largest absolute Gasteiger partial charge is 0.466 e. The molecule has 64 heavy (non-hydrogen) atoms. The molecule has 2 atom stereocenters. The van der Waals surface area contributed by atoms with Crippen molar-refractivity contribution in [2.45, 2.75) is 296 Å². The van der Waals surface area contributed by atoms with E-state index >= 15 is 0 Å². The first-order chi connectivity index (χ1) is 31.5. The van der Waals surface area contributed by atoms with Gasteiger partial charge < -0.3 is 20.3 Å². The molecule has 0 spiro atoms. The number of nitrogens with one attached hydrogen (secondary N) is 1. The molecule has 374 valence electrons. The minimum Gasteiger partial charge on any atom is -0.466 e. The third kappa shape index (κ3) is 49.3. The minimum absolute atomic E-state index is 0.0360. The number of carbonyl (C=O) groups is 2. The van der Waals surface area contributed by atoms with E-state index in [1.54, 1.807) is 0 Å². The summed E-state index contributed by atoms with van der Waals surface area (Å²) in [4.78, 5) is 24.5. The Bertz CT molecular complexity index is 1080. The van der Waals surface area contributed by atoms with Gasteiger partial charge in [-0.25, -0.2) is 0 Å². The summed E-state index contributed by atoms with van der Waals surface area (Å²) < 4.78 is 5.44. The molecule has 0 aliphatic rings. The van der Waals surface area contributed by atoms with E-state index in [1.165, 1.54) is 161 Å². The molecule has 0 aliphatic heterocycles. The number of ether oxygens (including phenoxy) is 1. The first-order valence-corrected chi connectivity index (χ1v) is 27.9. The van der Waals surface area contributed by atoms with Crippen LogP contribution in [-0.2, 0) is 14.3 Å². The number of aliphatic hydroxyl groups is 2. The van der Waals surface area contributed by atoms with Gasteiger partial charge in [0.15, 0.2) is 0 Å². The molecule has 0 heterocycles. The Kier molecular flexibility index (Phi) is 51.6. The molecule has 3 N–H and O–H groups in total. The van der Waals surface area contributed by atoms with Gasteiger partial charge in [0.25, 0.3) is 0 Å². The summed E-state index contributed by atoms with van der Waals surface area (Å²) >= 11 is 0. The van der Waals surface area contributed by atoms with Crippen molar-refractivity contribution >= 4 is 11.9 Å². The number of aliphatic hydroxyl groups excluding tert-OH is 2. The molecule has 0 saturated carbocycles. The van der Waals surface area contributed by atoms with Gasteiger partial charge in [0.1, 0.15) is 0 Å². The molecule has 1 amide bonds. The zero-order valence-electron chi connectivity index (χ0n) is 42.5. The summed E-state index contributed by atoms with van der Waals surface area (Å²) in [5.74, 6) is -0.0937. The molecule has 0 aliphatic carbocycles. The van der Waals surface area contributed by atoms with Crippen LogP contribution in [0.15, 0.2) is 48.6 Å². The monoisotopic (exact) mass is 898 g/mol. The summed E-state index contributed by atoms with van der Waals surface area (Å²) in [5, 5.41) is 23.3. The van der Waals surface area contributed by atoms with Crippen LogP contribution in [0.2, 0.25) is 0 Å². The average Bonchev–Trinajstić information content (AvgIpc) is 3.29. The van der Waals surface area contributed by atoms with Gasteiger partial charge in [-0.15, -0.1) is 0 Å². The lowest BCUT2D eigenvalue weighted by Gasteiger charge is -2.22. The van der Waals surface area contributed by atoms with Crippen LogP contribution < -0.4 is 5.32 Å². The fourth-order valence-electron chi connectivity index (χ4n) is 8.31. The number of carbonyl (C=O) groups excluding carboxylic acids is 2.